The van der Waals surface area contributed by atoms with Crippen LogP contribution in [0.1, 0.15) is 12.8 Å². The van der Waals surface area contributed by atoms with Crippen LogP contribution < -0.4 is 0 Å². The van der Waals surface area contributed by atoms with Crippen LogP contribution in [0.25, 0.3) is 15.2 Å². The van der Waals surface area contributed by atoms with E-state index in [1.807, 2.05) is 12.1 Å². The fourth-order valence-corrected chi connectivity index (χ4v) is 4.32. The Morgan fingerprint density at radius 3 is 3.00 bits per heavy atom. The summed E-state index contributed by atoms with van der Waals surface area (Å²) in [6.07, 6.45) is 2.33. The van der Waals surface area contributed by atoms with Crippen molar-refractivity contribution in [2.24, 2.45) is 5.92 Å². The topological polar surface area (TPSA) is 54.0 Å². The molecule has 1 unspecified atom stereocenters. The van der Waals surface area contributed by atoms with Crippen LogP contribution in [-0.2, 0) is 0 Å². The van der Waals surface area contributed by atoms with Gasteiger partial charge in [-0.2, -0.15) is 5.26 Å². The van der Waals surface area contributed by atoms with Gasteiger partial charge in [0.1, 0.15) is 5.25 Å². The molecule has 2 heterocycles. The maximum atomic E-state index is 9.25. The van der Waals surface area contributed by atoms with Crippen molar-refractivity contribution in [3.8, 4) is 6.07 Å². The van der Waals surface area contributed by atoms with E-state index in [4.69, 9.17) is 0 Å². The van der Waals surface area contributed by atoms with Gasteiger partial charge < -0.3 is 0 Å². The van der Waals surface area contributed by atoms with Gasteiger partial charge in [0, 0.05) is 0 Å². The Labute approximate surface area is 118 Å². The lowest BCUT2D eigenvalue weighted by atomic mass is 10.3. The number of hydrogen-bond donors (Lipinski definition) is 0. The molecule has 1 fully saturated rings. The maximum Gasteiger partial charge on any atom is 0.217 e. The number of thiazole rings is 1. The third-order valence-electron chi connectivity index (χ3n) is 3.32. The van der Waals surface area contributed by atoms with Gasteiger partial charge in [0.25, 0.3) is 0 Å². The van der Waals surface area contributed by atoms with Crippen molar-refractivity contribution in [2.45, 2.75) is 23.2 Å². The van der Waals surface area contributed by atoms with E-state index in [-0.39, 0.29) is 5.25 Å². The predicted molar refractivity (Wildman–Crippen MR) is 76.4 cm³/mol. The molecular formula is C13H10N4S2. The zero-order valence-electron chi connectivity index (χ0n) is 9.98. The Bertz CT molecular complexity index is 794. The van der Waals surface area contributed by atoms with Gasteiger partial charge in [-0.3, -0.25) is 4.40 Å². The van der Waals surface area contributed by atoms with E-state index in [0.29, 0.717) is 5.92 Å². The van der Waals surface area contributed by atoms with E-state index in [2.05, 4.69) is 32.8 Å². The van der Waals surface area contributed by atoms with Gasteiger partial charge in [0.15, 0.2) is 5.16 Å². The fraction of sp³-hybridized carbons (Fsp3) is 0.308. The molecule has 1 aromatic carbocycles. The zero-order chi connectivity index (χ0) is 12.8. The van der Waals surface area contributed by atoms with Crippen LogP contribution in [0.5, 0.6) is 0 Å². The molecule has 0 spiro atoms. The smallest absolute Gasteiger partial charge is 0.217 e. The summed E-state index contributed by atoms with van der Waals surface area (Å²) < 4.78 is 3.27. The summed E-state index contributed by atoms with van der Waals surface area (Å²) in [6.45, 7) is 0. The molecule has 2 aromatic heterocycles. The minimum atomic E-state index is 0.00561. The van der Waals surface area contributed by atoms with E-state index in [1.54, 1.807) is 23.1 Å². The number of hydrogen-bond acceptors (Lipinski definition) is 5. The van der Waals surface area contributed by atoms with Crippen LogP contribution in [0.4, 0.5) is 0 Å². The standard InChI is InChI=1S/C13H10N4S2/c14-7-11(8-5-6-8)19-13-16-15-12-17(13)9-3-1-2-4-10(9)18-12/h1-4,8,11H,5-6H2. The molecule has 0 saturated heterocycles. The molecule has 19 heavy (non-hydrogen) atoms. The Balaban J connectivity index is 1.83. The Morgan fingerprint density at radius 1 is 1.37 bits per heavy atom. The molecule has 4 rings (SSSR count). The number of benzene rings is 1. The predicted octanol–water partition coefficient (Wildman–Crippen LogP) is 3.34. The molecule has 0 amide bonds. The Hall–Kier alpha value is -1.58. The minimum Gasteiger partial charge on any atom is -0.260 e. The third kappa shape index (κ3) is 1.81. The molecule has 1 atom stereocenters. The first-order valence-corrected chi connectivity index (χ1v) is 7.85. The number of thioether (sulfide) groups is 1. The second kappa shape index (κ2) is 4.22. The first-order valence-electron chi connectivity index (χ1n) is 6.16. The molecule has 0 radical (unpaired) electrons. The monoisotopic (exact) mass is 286 g/mol. The third-order valence-corrected chi connectivity index (χ3v) is 5.55. The second-order valence-electron chi connectivity index (χ2n) is 4.68. The van der Waals surface area contributed by atoms with E-state index in [9.17, 15) is 5.26 Å². The minimum absolute atomic E-state index is 0.00561. The van der Waals surface area contributed by atoms with Crippen molar-refractivity contribution in [1.29, 1.82) is 5.26 Å². The Morgan fingerprint density at radius 2 is 2.21 bits per heavy atom. The number of nitriles is 1. The lowest BCUT2D eigenvalue weighted by Crippen LogP contribution is -2.02. The molecule has 1 aliphatic rings. The summed E-state index contributed by atoms with van der Waals surface area (Å²) in [7, 11) is 0. The summed E-state index contributed by atoms with van der Waals surface area (Å²) in [6, 6.07) is 10.6. The molecule has 6 heteroatoms. The molecule has 0 bridgehead atoms. The van der Waals surface area contributed by atoms with E-state index in [1.165, 1.54) is 4.70 Å². The van der Waals surface area contributed by atoms with Crippen LogP contribution in [0.2, 0.25) is 0 Å². The van der Waals surface area contributed by atoms with Crippen molar-refractivity contribution in [1.82, 2.24) is 14.6 Å². The van der Waals surface area contributed by atoms with Gasteiger partial charge in [-0.1, -0.05) is 35.2 Å². The van der Waals surface area contributed by atoms with Crippen LogP contribution >= 0.6 is 23.1 Å². The molecular weight excluding hydrogens is 276 g/mol. The van der Waals surface area contributed by atoms with Crippen LogP contribution in [0, 0.1) is 17.2 Å². The molecule has 1 aliphatic carbocycles. The SMILES string of the molecule is N#CC(Sc1nnc2sc3ccccc3n12)C1CC1. The quantitative estimate of drug-likeness (QED) is 0.693. The lowest BCUT2D eigenvalue weighted by Gasteiger charge is -2.04. The van der Waals surface area contributed by atoms with Gasteiger partial charge in [0.2, 0.25) is 4.96 Å². The van der Waals surface area contributed by atoms with Gasteiger partial charge in [0.05, 0.1) is 16.3 Å². The first-order chi connectivity index (χ1) is 9.36. The highest BCUT2D eigenvalue weighted by Crippen LogP contribution is 2.41. The Kier molecular flexibility index (Phi) is 2.50. The van der Waals surface area contributed by atoms with Crippen LogP contribution in [-0.4, -0.2) is 19.8 Å². The number of nitrogens with zero attached hydrogens (tertiary/aromatic N) is 4. The molecule has 0 aliphatic heterocycles. The van der Waals surface area contributed by atoms with Crippen molar-refractivity contribution in [3.63, 3.8) is 0 Å². The van der Waals surface area contributed by atoms with E-state index < -0.39 is 0 Å². The number of rotatable bonds is 3. The summed E-state index contributed by atoms with van der Waals surface area (Å²) >= 11 is 3.18. The molecule has 4 nitrogen and oxygen atoms in total. The van der Waals surface area contributed by atoms with Crippen LogP contribution in [0.15, 0.2) is 29.4 Å². The van der Waals surface area contributed by atoms with Gasteiger partial charge in [-0.25, -0.2) is 0 Å². The van der Waals surface area contributed by atoms with Gasteiger partial charge in [-0.15, -0.1) is 10.2 Å². The molecule has 0 N–H and O–H groups in total. The second-order valence-corrected chi connectivity index (χ2v) is 6.79. The van der Waals surface area contributed by atoms with Crippen LogP contribution in [0.3, 0.4) is 0 Å². The van der Waals surface area contributed by atoms with Crippen molar-refractivity contribution < 1.29 is 0 Å². The highest BCUT2D eigenvalue weighted by Gasteiger charge is 2.33. The number of para-hydroxylation sites is 1. The van der Waals surface area contributed by atoms with E-state index in [0.717, 1.165) is 28.5 Å². The lowest BCUT2D eigenvalue weighted by molar-refractivity contribution is 0.870. The number of aromatic nitrogens is 3. The maximum absolute atomic E-state index is 9.25. The molecule has 3 aromatic rings. The average molecular weight is 286 g/mol. The molecule has 94 valence electrons. The van der Waals surface area contributed by atoms with Gasteiger partial charge >= 0.3 is 0 Å². The van der Waals surface area contributed by atoms with Crippen molar-refractivity contribution in [3.05, 3.63) is 24.3 Å². The van der Waals surface area contributed by atoms with Crippen molar-refractivity contribution in [2.75, 3.05) is 0 Å². The molecule has 1 saturated carbocycles. The largest absolute Gasteiger partial charge is 0.260 e. The summed E-state index contributed by atoms with van der Waals surface area (Å²) in [5.74, 6) is 0.534. The highest BCUT2D eigenvalue weighted by atomic mass is 32.2. The summed E-state index contributed by atoms with van der Waals surface area (Å²) in [4.78, 5) is 0.899. The highest BCUT2D eigenvalue weighted by molar-refractivity contribution is 8.00. The van der Waals surface area contributed by atoms with Gasteiger partial charge in [-0.05, 0) is 30.9 Å². The summed E-state index contributed by atoms with van der Waals surface area (Å²) in [5.41, 5.74) is 1.13. The summed E-state index contributed by atoms with van der Waals surface area (Å²) in [5, 5.41) is 18.6. The fourth-order valence-electron chi connectivity index (χ4n) is 2.17. The van der Waals surface area contributed by atoms with Crippen molar-refractivity contribution >= 4 is 38.3 Å². The average Bonchev–Trinajstić information content (AvgIpc) is 3.10. The normalized spacial score (nSPS) is 16.8. The first kappa shape index (κ1) is 11.3. The number of fused-ring (bicyclic) bond motifs is 3. The van der Waals surface area contributed by atoms with E-state index >= 15 is 0 Å². The zero-order valence-corrected chi connectivity index (χ0v) is 11.6.